The number of fused-ring (bicyclic) bond motifs is 1. The maximum absolute atomic E-state index is 8.16. The quantitative estimate of drug-likeness (QED) is 0.317. The van der Waals surface area contributed by atoms with Gasteiger partial charge < -0.3 is 0 Å². The van der Waals surface area contributed by atoms with E-state index in [-0.39, 0.29) is 0 Å². The van der Waals surface area contributed by atoms with Gasteiger partial charge in [-0.2, -0.15) is 0 Å². The monoisotopic (exact) mass is 252 g/mol. The van der Waals surface area contributed by atoms with Crippen LogP contribution in [-0.4, -0.2) is 11.5 Å². The molecule has 1 aromatic heterocycles. The number of unbranched alkanes of at least 4 members (excludes halogenated alkanes) is 2. The Hall–Kier alpha value is -2.32. The number of azide groups is 1. The highest BCUT2D eigenvalue weighted by Crippen LogP contribution is 2.17. The standard InChI is InChI=1S/C15H16N4/c16-19-18-11-6-2-1-3-7-13-10-12-17-15-9-5-4-8-14(13)15/h3-5,7-10,12H,1-2,6,11H2/b7-3+. The third-order valence-corrected chi connectivity index (χ3v) is 2.92. The average Bonchev–Trinajstić information content (AvgIpc) is 2.46. The van der Waals surface area contributed by atoms with E-state index in [9.17, 15) is 0 Å². The molecule has 1 heterocycles. The first kappa shape index (κ1) is 13.1. The van der Waals surface area contributed by atoms with Crippen LogP contribution in [0.3, 0.4) is 0 Å². The van der Waals surface area contributed by atoms with Crippen molar-refractivity contribution in [1.29, 1.82) is 0 Å². The second kappa shape index (κ2) is 7.19. The predicted octanol–water partition coefficient (Wildman–Crippen LogP) is 4.73. The van der Waals surface area contributed by atoms with Crippen LogP contribution in [-0.2, 0) is 0 Å². The number of pyridine rings is 1. The van der Waals surface area contributed by atoms with E-state index in [2.05, 4.69) is 33.2 Å². The summed E-state index contributed by atoms with van der Waals surface area (Å²) in [5.74, 6) is 0. The maximum atomic E-state index is 8.16. The van der Waals surface area contributed by atoms with Crippen LogP contribution >= 0.6 is 0 Å². The number of hydrogen-bond donors (Lipinski definition) is 0. The molecule has 0 spiro atoms. The molecule has 0 bridgehead atoms. The molecule has 0 aliphatic carbocycles. The summed E-state index contributed by atoms with van der Waals surface area (Å²) in [6.45, 7) is 0.586. The van der Waals surface area contributed by atoms with Gasteiger partial charge >= 0.3 is 0 Å². The van der Waals surface area contributed by atoms with Gasteiger partial charge in [-0.15, -0.1) is 0 Å². The Morgan fingerprint density at radius 1 is 1.21 bits per heavy atom. The van der Waals surface area contributed by atoms with Crippen molar-refractivity contribution in [1.82, 2.24) is 4.98 Å². The van der Waals surface area contributed by atoms with E-state index in [1.807, 2.05) is 30.5 Å². The average molecular weight is 252 g/mol. The minimum Gasteiger partial charge on any atom is -0.256 e. The van der Waals surface area contributed by atoms with Crippen LogP contribution in [0, 0.1) is 0 Å². The van der Waals surface area contributed by atoms with Crippen molar-refractivity contribution < 1.29 is 0 Å². The lowest BCUT2D eigenvalue weighted by atomic mass is 10.1. The summed E-state index contributed by atoms with van der Waals surface area (Å²) in [4.78, 5) is 7.07. The fraction of sp³-hybridized carbons (Fsp3) is 0.267. The molecule has 4 heteroatoms. The van der Waals surface area contributed by atoms with Gasteiger partial charge in [0.2, 0.25) is 0 Å². The molecule has 96 valence electrons. The van der Waals surface area contributed by atoms with E-state index in [0.29, 0.717) is 6.54 Å². The van der Waals surface area contributed by atoms with E-state index in [0.717, 1.165) is 24.8 Å². The van der Waals surface area contributed by atoms with Gasteiger partial charge in [-0.1, -0.05) is 35.5 Å². The van der Waals surface area contributed by atoms with E-state index in [1.54, 1.807) is 0 Å². The fourth-order valence-corrected chi connectivity index (χ4v) is 1.96. The molecule has 0 fully saturated rings. The van der Waals surface area contributed by atoms with Gasteiger partial charge in [0.15, 0.2) is 0 Å². The highest BCUT2D eigenvalue weighted by molar-refractivity contribution is 5.87. The molecule has 0 saturated heterocycles. The van der Waals surface area contributed by atoms with Crippen LogP contribution in [0.25, 0.3) is 27.4 Å². The Kier molecular flexibility index (Phi) is 4.96. The van der Waals surface area contributed by atoms with Crippen molar-refractivity contribution in [2.24, 2.45) is 5.11 Å². The van der Waals surface area contributed by atoms with E-state index < -0.39 is 0 Å². The molecular formula is C15H16N4. The zero-order chi connectivity index (χ0) is 13.3. The summed E-state index contributed by atoms with van der Waals surface area (Å²) >= 11 is 0. The topological polar surface area (TPSA) is 61.7 Å². The summed E-state index contributed by atoms with van der Waals surface area (Å²) in [5.41, 5.74) is 10.4. The fourth-order valence-electron chi connectivity index (χ4n) is 1.96. The van der Waals surface area contributed by atoms with Crippen molar-refractivity contribution >= 4 is 17.0 Å². The van der Waals surface area contributed by atoms with Crippen LogP contribution in [0.15, 0.2) is 47.7 Å². The Bertz CT molecular complexity index is 607. The SMILES string of the molecule is [N-]=[N+]=NCCCC/C=C/c1ccnc2ccccc12. The van der Waals surface area contributed by atoms with Crippen molar-refractivity contribution in [3.05, 3.63) is 58.6 Å². The number of allylic oxidation sites excluding steroid dienone is 1. The van der Waals surface area contributed by atoms with Crippen LogP contribution < -0.4 is 0 Å². The van der Waals surface area contributed by atoms with Crippen LogP contribution in [0.2, 0.25) is 0 Å². The molecule has 2 rings (SSSR count). The molecule has 0 saturated carbocycles. The number of nitrogens with zero attached hydrogens (tertiary/aromatic N) is 4. The molecular weight excluding hydrogens is 236 g/mol. The summed E-state index contributed by atoms with van der Waals surface area (Å²) in [5, 5.41) is 4.69. The molecule has 0 unspecified atom stereocenters. The highest BCUT2D eigenvalue weighted by Gasteiger charge is 1.96. The molecule has 0 aliphatic rings. The summed E-state index contributed by atoms with van der Waals surface area (Å²) in [6.07, 6.45) is 9.11. The lowest BCUT2D eigenvalue weighted by molar-refractivity contribution is 0.756. The number of benzene rings is 1. The molecule has 0 amide bonds. The smallest absolute Gasteiger partial charge is 0.0707 e. The predicted molar refractivity (Wildman–Crippen MR) is 78.6 cm³/mol. The summed E-state index contributed by atoms with van der Waals surface area (Å²) < 4.78 is 0. The first-order valence-electron chi connectivity index (χ1n) is 6.43. The number of aromatic nitrogens is 1. The summed E-state index contributed by atoms with van der Waals surface area (Å²) in [7, 11) is 0. The molecule has 0 N–H and O–H groups in total. The highest BCUT2D eigenvalue weighted by atomic mass is 15.1. The van der Waals surface area contributed by atoms with Gasteiger partial charge in [0.05, 0.1) is 5.52 Å². The normalized spacial score (nSPS) is 10.7. The van der Waals surface area contributed by atoms with Crippen molar-refractivity contribution in [3.63, 3.8) is 0 Å². The second-order valence-corrected chi connectivity index (χ2v) is 4.27. The molecule has 0 radical (unpaired) electrons. The first-order valence-corrected chi connectivity index (χ1v) is 6.43. The van der Waals surface area contributed by atoms with Crippen molar-refractivity contribution in [2.45, 2.75) is 19.3 Å². The Morgan fingerprint density at radius 2 is 2.11 bits per heavy atom. The van der Waals surface area contributed by atoms with E-state index in [1.165, 1.54) is 10.9 Å². The summed E-state index contributed by atoms with van der Waals surface area (Å²) in [6, 6.07) is 10.2. The zero-order valence-electron chi connectivity index (χ0n) is 10.7. The van der Waals surface area contributed by atoms with Crippen LogP contribution in [0.5, 0.6) is 0 Å². The zero-order valence-corrected chi connectivity index (χ0v) is 10.7. The molecule has 19 heavy (non-hydrogen) atoms. The Balaban J connectivity index is 1.95. The maximum Gasteiger partial charge on any atom is 0.0707 e. The third-order valence-electron chi connectivity index (χ3n) is 2.92. The van der Waals surface area contributed by atoms with Crippen molar-refractivity contribution in [3.8, 4) is 0 Å². The van der Waals surface area contributed by atoms with Crippen LogP contribution in [0.4, 0.5) is 0 Å². The number of para-hydroxylation sites is 1. The molecule has 2 aromatic rings. The Morgan fingerprint density at radius 3 is 3.00 bits per heavy atom. The van der Waals surface area contributed by atoms with E-state index in [4.69, 9.17) is 5.53 Å². The van der Waals surface area contributed by atoms with Gasteiger partial charge in [-0.05, 0) is 42.5 Å². The van der Waals surface area contributed by atoms with Gasteiger partial charge in [0.25, 0.3) is 0 Å². The van der Waals surface area contributed by atoms with Gasteiger partial charge in [-0.25, -0.2) is 0 Å². The van der Waals surface area contributed by atoms with Crippen molar-refractivity contribution in [2.75, 3.05) is 6.54 Å². The van der Waals surface area contributed by atoms with Gasteiger partial charge in [0.1, 0.15) is 0 Å². The largest absolute Gasteiger partial charge is 0.256 e. The van der Waals surface area contributed by atoms with E-state index >= 15 is 0 Å². The van der Waals surface area contributed by atoms with Gasteiger partial charge in [0, 0.05) is 23.0 Å². The van der Waals surface area contributed by atoms with Crippen LogP contribution in [0.1, 0.15) is 24.8 Å². The molecule has 4 nitrogen and oxygen atoms in total. The molecule has 1 aromatic carbocycles. The number of hydrogen-bond acceptors (Lipinski definition) is 2. The lowest BCUT2D eigenvalue weighted by Crippen LogP contribution is -1.82. The second-order valence-electron chi connectivity index (χ2n) is 4.27. The number of rotatable bonds is 6. The minimum atomic E-state index is 0.586. The lowest BCUT2D eigenvalue weighted by Gasteiger charge is -2.00. The molecule has 0 atom stereocenters. The minimum absolute atomic E-state index is 0.586. The third kappa shape index (κ3) is 3.83. The van der Waals surface area contributed by atoms with Gasteiger partial charge in [-0.3, -0.25) is 4.98 Å². The Labute approximate surface area is 112 Å². The molecule has 0 aliphatic heterocycles. The first-order chi connectivity index (χ1) is 9.42.